The van der Waals surface area contributed by atoms with Gasteiger partial charge in [0.05, 0.1) is 37.7 Å². The number of methoxy groups -OCH3 is 2. The van der Waals surface area contributed by atoms with Crippen molar-refractivity contribution in [2.24, 2.45) is 0 Å². The van der Waals surface area contributed by atoms with E-state index in [2.05, 4.69) is 65.9 Å². The lowest BCUT2D eigenvalue weighted by atomic mass is 9.96. The molecule has 1 aliphatic rings. The normalized spacial score (nSPS) is 17.2. The van der Waals surface area contributed by atoms with Gasteiger partial charge in [0.1, 0.15) is 11.5 Å². The zero-order valence-electron chi connectivity index (χ0n) is 21.1. The van der Waals surface area contributed by atoms with E-state index in [9.17, 15) is 0 Å². The Balaban J connectivity index is 1.72. The van der Waals surface area contributed by atoms with Crippen LogP contribution >= 0.6 is 12.2 Å². The highest BCUT2D eigenvalue weighted by Gasteiger charge is 2.43. The zero-order valence-corrected chi connectivity index (χ0v) is 22.0. The van der Waals surface area contributed by atoms with E-state index in [1.165, 1.54) is 11.1 Å². The summed E-state index contributed by atoms with van der Waals surface area (Å²) >= 11 is 5.94. The molecule has 6 nitrogen and oxygen atoms in total. The van der Waals surface area contributed by atoms with E-state index < -0.39 is 0 Å². The van der Waals surface area contributed by atoms with Gasteiger partial charge in [0.2, 0.25) is 0 Å². The van der Waals surface area contributed by atoms with Gasteiger partial charge in [0.15, 0.2) is 5.11 Å². The minimum Gasteiger partial charge on any atom is -0.497 e. The highest BCUT2D eigenvalue weighted by atomic mass is 32.1. The van der Waals surface area contributed by atoms with E-state index >= 15 is 0 Å². The summed E-state index contributed by atoms with van der Waals surface area (Å²) in [5, 5.41) is 4.16. The summed E-state index contributed by atoms with van der Waals surface area (Å²) in [5.41, 5.74) is 7.62. The number of thiocarbonyl (C=S) groups is 1. The van der Waals surface area contributed by atoms with E-state index in [0.717, 1.165) is 40.0 Å². The number of nitrogens with one attached hydrogen (secondary N) is 1. The molecule has 1 saturated heterocycles. The standard InChI is InChI=1S/C29H30N4O2S/c1-18-9-8-10-21(15-18)32-19(2)16-23(20(32)3)28-27(24-11-6-7-14-30-24)31-29(36)33(28)25-17-22(34-4)12-13-26(25)35-5/h6-17,27-28H,1-5H3,(H,31,36)/t27-,28-/m1/s1. The fourth-order valence-electron chi connectivity index (χ4n) is 5.17. The van der Waals surface area contributed by atoms with Crippen molar-refractivity contribution in [3.05, 3.63) is 101 Å². The number of benzene rings is 2. The Hall–Kier alpha value is -3.84. The molecule has 3 heterocycles. The average Bonchev–Trinajstić information content (AvgIpc) is 3.38. The number of anilines is 1. The fourth-order valence-corrected chi connectivity index (χ4v) is 5.51. The van der Waals surface area contributed by atoms with Crippen LogP contribution in [0.5, 0.6) is 11.5 Å². The summed E-state index contributed by atoms with van der Waals surface area (Å²) in [6, 6.07) is 22.3. The van der Waals surface area contributed by atoms with Crippen molar-refractivity contribution < 1.29 is 9.47 Å². The Labute approximate surface area is 217 Å². The van der Waals surface area contributed by atoms with Gasteiger partial charge in [-0.15, -0.1) is 0 Å². The van der Waals surface area contributed by atoms with Crippen molar-refractivity contribution in [3.63, 3.8) is 0 Å². The first kappa shape index (κ1) is 23.9. The Morgan fingerprint density at radius 3 is 2.44 bits per heavy atom. The van der Waals surface area contributed by atoms with Gasteiger partial charge in [-0.3, -0.25) is 4.98 Å². The Bertz CT molecular complexity index is 1420. The van der Waals surface area contributed by atoms with Crippen LogP contribution < -0.4 is 19.7 Å². The van der Waals surface area contributed by atoms with Crippen LogP contribution in [0, 0.1) is 20.8 Å². The molecule has 7 heteroatoms. The minimum absolute atomic E-state index is 0.152. The maximum atomic E-state index is 5.94. The number of aryl methyl sites for hydroxylation is 2. The largest absolute Gasteiger partial charge is 0.497 e. The quantitative estimate of drug-likeness (QED) is 0.330. The SMILES string of the molecule is COc1ccc(OC)c(N2C(=S)N[C@H](c3ccccn3)[C@H]2c2cc(C)n(-c3cccc(C)c3)c2C)c1. The smallest absolute Gasteiger partial charge is 0.174 e. The van der Waals surface area contributed by atoms with Crippen LogP contribution in [0.1, 0.15) is 40.3 Å². The molecule has 0 saturated carbocycles. The maximum absolute atomic E-state index is 5.94. The maximum Gasteiger partial charge on any atom is 0.174 e. The predicted molar refractivity (Wildman–Crippen MR) is 147 cm³/mol. The summed E-state index contributed by atoms with van der Waals surface area (Å²) in [6.07, 6.45) is 1.82. The minimum atomic E-state index is -0.154. The van der Waals surface area contributed by atoms with Crippen molar-refractivity contribution in [1.29, 1.82) is 0 Å². The highest BCUT2D eigenvalue weighted by molar-refractivity contribution is 7.80. The van der Waals surface area contributed by atoms with Gasteiger partial charge in [0.25, 0.3) is 0 Å². The second kappa shape index (κ2) is 9.66. The third-order valence-electron chi connectivity index (χ3n) is 6.79. The number of pyridine rings is 1. The molecule has 2 aromatic heterocycles. The number of rotatable bonds is 6. The van der Waals surface area contributed by atoms with Crippen molar-refractivity contribution >= 4 is 23.0 Å². The molecule has 36 heavy (non-hydrogen) atoms. The zero-order chi connectivity index (χ0) is 25.4. The first-order chi connectivity index (χ1) is 17.4. The van der Waals surface area contributed by atoms with Crippen LogP contribution in [0.2, 0.25) is 0 Å². The molecule has 184 valence electrons. The molecule has 0 radical (unpaired) electrons. The average molecular weight is 499 g/mol. The number of nitrogens with zero attached hydrogens (tertiary/aromatic N) is 3. The van der Waals surface area contributed by atoms with Gasteiger partial charge in [-0.1, -0.05) is 18.2 Å². The van der Waals surface area contributed by atoms with E-state index in [1.807, 2.05) is 42.6 Å². The molecule has 5 rings (SSSR count). The van der Waals surface area contributed by atoms with Gasteiger partial charge in [-0.2, -0.15) is 0 Å². The van der Waals surface area contributed by atoms with Gasteiger partial charge >= 0.3 is 0 Å². The lowest BCUT2D eigenvalue weighted by Crippen LogP contribution is -2.30. The van der Waals surface area contributed by atoms with Crippen molar-refractivity contribution in [2.75, 3.05) is 19.1 Å². The second-order valence-corrected chi connectivity index (χ2v) is 9.42. The molecule has 1 N–H and O–H groups in total. The molecule has 1 aliphatic heterocycles. The molecule has 0 spiro atoms. The van der Waals surface area contributed by atoms with Gasteiger partial charge in [-0.25, -0.2) is 0 Å². The Morgan fingerprint density at radius 2 is 1.75 bits per heavy atom. The molecule has 4 aromatic rings. The molecule has 1 fully saturated rings. The first-order valence-corrected chi connectivity index (χ1v) is 12.3. The molecule has 0 bridgehead atoms. The lowest BCUT2D eigenvalue weighted by Gasteiger charge is -2.29. The summed E-state index contributed by atoms with van der Waals surface area (Å²) in [6.45, 7) is 6.43. The molecule has 2 aromatic carbocycles. The monoisotopic (exact) mass is 498 g/mol. The number of hydrogen-bond donors (Lipinski definition) is 1. The molecule has 0 aliphatic carbocycles. The van der Waals surface area contributed by atoms with Crippen LogP contribution in [0.4, 0.5) is 5.69 Å². The van der Waals surface area contributed by atoms with Crippen molar-refractivity contribution in [2.45, 2.75) is 32.9 Å². The predicted octanol–water partition coefficient (Wildman–Crippen LogP) is 5.99. The van der Waals surface area contributed by atoms with Crippen molar-refractivity contribution in [1.82, 2.24) is 14.9 Å². The van der Waals surface area contributed by atoms with E-state index in [4.69, 9.17) is 26.7 Å². The topological polar surface area (TPSA) is 51.6 Å². The van der Waals surface area contributed by atoms with Crippen LogP contribution in [-0.2, 0) is 0 Å². The number of hydrogen-bond acceptors (Lipinski definition) is 4. The molecular formula is C29H30N4O2S. The van der Waals surface area contributed by atoms with Crippen LogP contribution in [0.25, 0.3) is 5.69 Å². The summed E-state index contributed by atoms with van der Waals surface area (Å²) in [4.78, 5) is 6.83. The van der Waals surface area contributed by atoms with Crippen LogP contribution in [0.15, 0.2) is 72.9 Å². The van der Waals surface area contributed by atoms with E-state index in [0.29, 0.717) is 5.11 Å². The van der Waals surface area contributed by atoms with Crippen molar-refractivity contribution in [3.8, 4) is 17.2 Å². The molecule has 2 atom stereocenters. The van der Waals surface area contributed by atoms with E-state index in [1.54, 1.807) is 14.2 Å². The van der Waals surface area contributed by atoms with Gasteiger partial charge in [-0.05, 0) is 86.6 Å². The fraction of sp³-hybridized carbons (Fsp3) is 0.241. The number of aromatic nitrogens is 2. The van der Waals surface area contributed by atoms with Gasteiger partial charge in [0, 0.05) is 29.3 Å². The summed E-state index contributed by atoms with van der Waals surface area (Å²) in [5.74, 6) is 1.46. The van der Waals surface area contributed by atoms with Crippen LogP contribution in [-0.4, -0.2) is 28.9 Å². The summed E-state index contributed by atoms with van der Waals surface area (Å²) < 4.78 is 13.6. The van der Waals surface area contributed by atoms with Crippen LogP contribution in [0.3, 0.4) is 0 Å². The highest BCUT2D eigenvalue weighted by Crippen LogP contribution is 2.47. The third-order valence-corrected chi connectivity index (χ3v) is 7.11. The number of ether oxygens (including phenoxy) is 2. The second-order valence-electron chi connectivity index (χ2n) is 9.04. The molecular weight excluding hydrogens is 468 g/mol. The van der Waals surface area contributed by atoms with Gasteiger partial charge < -0.3 is 24.3 Å². The summed E-state index contributed by atoms with van der Waals surface area (Å²) in [7, 11) is 3.34. The first-order valence-electron chi connectivity index (χ1n) is 11.9. The molecule has 0 amide bonds. The van der Waals surface area contributed by atoms with E-state index in [-0.39, 0.29) is 12.1 Å². The Morgan fingerprint density at radius 1 is 0.917 bits per heavy atom. The lowest BCUT2D eigenvalue weighted by molar-refractivity contribution is 0.403. The third kappa shape index (κ3) is 4.09. The molecule has 0 unspecified atom stereocenters. The Kier molecular flexibility index (Phi) is 6.41.